The van der Waals surface area contributed by atoms with Gasteiger partial charge in [-0.2, -0.15) is 0 Å². The molecule has 0 bridgehead atoms. The molecule has 1 amide bonds. The summed E-state index contributed by atoms with van der Waals surface area (Å²) in [6.07, 6.45) is 0.832. The smallest absolute Gasteiger partial charge is 0.240 e. The molecule has 0 radical (unpaired) electrons. The zero-order valence-corrected chi connectivity index (χ0v) is 18.2. The van der Waals surface area contributed by atoms with E-state index < -0.39 is 10.0 Å². The van der Waals surface area contributed by atoms with E-state index in [-0.39, 0.29) is 29.8 Å². The molecule has 0 aliphatic carbocycles. The van der Waals surface area contributed by atoms with Crippen LogP contribution in [0.1, 0.15) is 42.5 Å². The zero-order valence-electron chi connectivity index (χ0n) is 15.8. The summed E-state index contributed by atoms with van der Waals surface area (Å²) >= 11 is 3.40. The highest BCUT2D eigenvalue weighted by atomic mass is 79.9. The predicted octanol–water partition coefficient (Wildman–Crippen LogP) is 4.00. The minimum Gasteiger partial charge on any atom is -0.349 e. The first-order valence-electron chi connectivity index (χ1n) is 8.84. The fraction of sp³-hybridized carbons (Fsp3) is 0.350. The van der Waals surface area contributed by atoms with Crippen molar-refractivity contribution in [2.45, 2.75) is 44.6 Å². The molecule has 2 aromatic carbocycles. The molecule has 0 aliphatic rings. The molecule has 0 fully saturated rings. The molecule has 1 atom stereocenters. The molecule has 1 unspecified atom stereocenters. The van der Waals surface area contributed by atoms with Crippen molar-refractivity contribution in [2.75, 3.05) is 6.54 Å². The summed E-state index contributed by atoms with van der Waals surface area (Å²) in [6, 6.07) is 13.0. The maximum absolute atomic E-state index is 12.5. The van der Waals surface area contributed by atoms with Crippen molar-refractivity contribution in [1.82, 2.24) is 10.0 Å². The van der Waals surface area contributed by atoms with E-state index in [0.717, 1.165) is 22.0 Å². The van der Waals surface area contributed by atoms with Gasteiger partial charge >= 0.3 is 0 Å². The molecule has 7 heteroatoms. The molecule has 2 N–H and O–H groups in total. The highest BCUT2D eigenvalue weighted by molar-refractivity contribution is 9.10. The van der Waals surface area contributed by atoms with Gasteiger partial charge in [-0.15, -0.1) is 0 Å². The normalized spacial score (nSPS) is 12.6. The van der Waals surface area contributed by atoms with Crippen molar-refractivity contribution in [1.29, 1.82) is 0 Å². The van der Waals surface area contributed by atoms with E-state index in [1.165, 1.54) is 0 Å². The van der Waals surface area contributed by atoms with Crippen LogP contribution in [0.3, 0.4) is 0 Å². The minimum absolute atomic E-state index is 0.0539. The monoisotopic (exact) mass is 452 g/mol. The SMILES string of the molecule is CCC(NC(=O)CCNS(=O)(=O)c1cc(C)ccc1C)c1ccc(Br)cc1. The van der Waals surface area contributed by atoms with Crippen molar-refractivity contribution in [3.8, 4) is 0 Å². The second kappa shape index (κ2) is 9.48. The number of benzene rings is 2. The number of amides is 1. The van der Waals surface area contributed by atoms with Crippen LogP contribution >= 0.6 is 15.9 Å². The van der Waals surface area contributed by atoms with Crippen molar-refractivity contribution in [3.63, 3.8) is 0 Å². The van der Waals surface area contributed by atoms with Gasteiger partial charge < -0.3 is 5.32 Å². The molecular formula is C20H25BrN2O3S. The van der Waals surface area contributed by atoms with Crippen LogP contribution in [0.15, 0.2) is 51.8 Å². The highest BCUT2D eigenvalue weighted by Gasteiger charge is 2.18. The number of halogens is 1. The lowest BCUT2D eigenvalue weighted by atomic mass is 10.0. The van der Waals surface area contributed by atoms with Crippen molar-refractivity contribution in [2.24, 2.45) is 0 Å². The van der Waals surface area contributed by atoms with Gasteiger partial charge in [0.1, 0.15) is 0 Å². The summed E-state index contributed by atoms with van der Waals surface area (Å²) in [5.41, 5.74) is 2.57. The Balaban J connectivity index is 1.93. The second-order valence-corrected chi connectivity index (χ2v) is 9.15. The lowest BCUT2D eigenvalue weighted by molar-refractivity contribution is -0.121. The van der Waals surface area contributed by atoms with E-state index in [1.807, 2.05) is 44.2 Å². The first kappa shape index (κ1) is 21.6. The largest absolute Gasteiger partial charge is 0.349 e. The fourth-order valence-corrected chi connectivity index (χ4v) is 4.38. The number of carbonyl (C=O) groups is 1. The maximum Gasteiger partial charge on any atom is 0.240 e. The number of nitrogens with one attached hydrogen (secondary N) is 2. The van der Waals surface area contributed by atoms with Gasteiger partial charge in [0.05, 0.1) is 10.9 Å². The van der Waals surface area contributed by atoms with E-state index in [0.29, 0.717) is 5.56 Å². The molecule has 2 aromatic rings. The van der Waals surface area contributed by atoms with Crippen LogP contribution in [-0.4, -0.2) is 20.9 Å². The van der Waals surface area contributed by atoms with Crippen molar-refractivity contribution >= 4 is 31.9 Å². The van der Waals surface area contributed by atoms with Crippen LogP contribution in [0.2, 0.25) is 0 Å². The average Bonchev–Trinajstić information content (AvgIpc) is 2.62. The molecule has 0 saturated carbocycles. The third-order valence-corrected chi connectivity index (χ3v) is 6.42. The second-order valence-electron chi connectivity index (χ2n) is 6.50. The van der Waals surface area contributed by atoms with Crippen molar-refractivity contribution < 1.29 is 13.2 Å². The fourth-order valence-electron chi connectivity index (χ4n) is 2.76. The maximum atomic E-state index is 12.5. The van der Waals surface area contributed by atoms with Gasteiger partial charge in [-0.25, -0.2) is 13.1 Å². The molecule has 0 saturated heterocycles. The summed E-state index contributed by atoms with van der Waals surface area (Å²) in [7, 11) is -3.64. The standard InChI is InChI=1S/C20H25BrN2O3S/c1-4-18(16-7-9-17(21)10-8-16)23-20(24)11-12-22-27(25,26)19-13-14(2)5-6-15(19)3/h5-10,13,18,22H,4,11-12H2,1-3H3,(H,23,24). The van der Waals surface area contributed by atoms with Crippen LogP contribution < -0.4 is 10.0 Å². The minimum atomic E-state index is -3.64. The Labute approximate surface area is 169 Å². The summed E-state index contributed by atoms with van der Waals surface area (Å²) in [5, 5.41) is 2.96. The number of hydrogen-bond donors (Lipinski definition) is 2. The van der Waals surface area contributed by atoms with E-state index in [2.05, 4.69) is 26.0 Å². The molecular weight excluding hydrogens is 428 g/mol. The number of carbonyl (C=O) groups excluding carboxylic acids is 1. The zero-order chi connectivity index (χ0) is 20.0. The molecule has 0 aromatic heterocycles. The lowest BCUT2D eigenvalue weighted by Crippen LogP contribution is -2.33. The Kier molecular flexibility index (Phi) is 7.59. The predicted molar refractivity (Wildman–Crippen MR) is 111 cm³/mol. The quantitative estimate of drug-likeness (QED) is 0.635. The summed E-state index contributed by atoms with van der Waals surface area (Å²) in [4.78, 5) is 12.5. The van der Waals surface area contributed by atoms with Gasteiger partial charge in [-0.05, 0) is 55.2 Å². The van der Waals surface area contributed by atoms with E-state index in [9.17, 15) is 13.2 Å². The summed E-state index contributed by atoms with van der Waals surface area (Å²) in [5.74, 6) is -0.187. The molecule has 5 nitrogen and oxygen atoms in total. The number of aryl methyl sites for hydroxylation is 2. The molecule has 27 heavy (non-hydrogen) atoms. The Hall–Kier alpha value is -1.70. The Morgan fingerprint density at radius 2 is 1.78 bits per heavy atom. The average molecular weight is 453 g/mol. The Morgan fingerprint density at radius 1 is 1.11 bits per heavy atom. The van der Waals surface area contributed by atoms with Crippen LogP contribution in [0.25, 0.3) is 0 Å². The third kappa shape index (κ3) is 6.16. The number of sulfonamides is 1. The van der Waals surface area contributed by atoms with Crippen LogP contribution in [0.5, 0.6) is 0 Å². The number of rotatable bonds is 8. The summed E-state index contributed by atoms with van der Waals surface area (Å²) < 4.78 is 28.4. The molecule has 0 spiro atoms. The molecule has 0 heterocycles. The van der Waals surface area contributed by atoms with Crippen LogP contribution in [0.4, 0.5) is 0 Å². The van der Waals surface area contributed by atoms with Gasteiger partial charge in [0.25, 0.3) is 0 Å². The van der Waals surface area contributed by atoms with Gasteiger partial charge in [0.15, 0.2) is 0 Å². The highest BCUT2D eigenvalue weighted by Crippen LogP contribution is 2.20. The lowest BCUT2D eigenvalue weighted by Gasteiger charge is -2.18. The topological polar surface area (TPSA) is 75.3 Å². The molecule has 2 rings (SSSR count). The van der Waals surface area contributed by atoms with Gasteiger partial charge in [-0.3, -0.25) is 4.79 Å². The summed E-state index contributed by atoms with van der Waals surface area (Å²) in [6.45, 7) is 5.65. The van der Waals surface area contributed by atoms with Crippen LogP contribution in [0, 0.1) is 13.8 Å². The number of hydrogen-bond acceptors (Lipinski definition) is 3. The Bertz CT molecular complexity index is 896. The van der Waals surface area contributed by atoms with Gasteiger partial charge in [0, 0.05) is 17.4 Å². The third-order valence-electron chi connectivity index (χ3n) is 4.29. The first-order valence-corrected chi connectivity index (χ1v) is 11.1. The van der Waals surface area contributed by atoms with E-state index in [1.54, 1.807) is 19.1 Å². The van der Waals surface area contributed by atoms with Crippen molar-refractivity contribution in [3.05, 3.63) is 63.6 Å². The van der Waals surface area contributed by atoms with E-state index >= 15 is 0 Å². The van der Waals surface area contributed by atoms with Crippen LogP contribution in [-0.2, 0) is 14.8 Å². The first-order chi connectivity index (χ1) is 12.7. The molecule has 0 aliphatic heterocycles. The Morgan fingerprint density at radius 3 is 2.41 bits per heavy atom. The van der Waals surface area contributed by atoms with Gasteiger partial charge in [0.2, 0.25) is 15.9 Å². The van der Waals surface area contributed by atoms with E-state index in [4.69, 9.17) is 0 Å². The molecule has 146 valence electrons. The van der Waals surface area contributed by atoms with Gasteiger partial charge in [-0.1, -0.05) is 47.1 Å².